The van der Waals surface area contributed by atoms with E-state index in [4.69, 9.17) is 4.52 Å². The van der Waals surface area contributed by atoms with Crippen molar-refractivity contribution in [2.75, 3.05) is 0 Å². The minimum atomic E-state index is -0.851. The predicted octanol–water partition coefficient (Wildman–Crippen LogP) is 3.62. The highest BCUT2D eigenvalue weighted by Gasteiger charge is 2.25. The topological polar surface area (TPSA) is 76.2 Å². The molecule has 2 aromatic heterocycles. The van der Waals surface area contributed by atoms with Crippen molar-refractivity contribution in [2.45, 2.75) is 53.9 Å². The van der Waals surface area contributed by atoms with Gasteiger partial charge in [0, 0.05) is 5.69 Å². The number of hydrogen-bond acceptors (Lipinski definition) is 4. The molecule has 0 aliphatic rings. The number of nitrogens with zero attached hydrogens (tertiary/aromatic N) is 2. The Balaban J connectivity index is 2.68. The Morgan fingerprint density at radius 3 is 2.48 bits per heavy atom. The van der Waals surface area contributed by atoms with Crippen molar-refractivity contribution in [1.82, 2.24) is 10.1 Å². The number of aliphatic carboxylic acids is 1. The molecule has 1 atom stereocenters. The molecule has 1 unspecified atom stereocenters. The third-order valence-electron chi connectivity index (χ3n) is 3.68. The molecule has 0 fully saturated rings. The average Bonchev–Trinajstić information content (AvgIpc) is 2.69. The quantitative estimate of drug-likeness (QED) is 0.934. The molecule has 1 N–H and O–H groups in total. The molecular formula is C16H22N2O3. The first-order valence-electron chi connectivity index (χ1n) is 7.10. The van der Waals surface area contributed by atoms with Crippen molar-refractivity contribution in [2.24, 2.45) is 5.41 Å². The van der Waals surface area contributed by atoms with Gasteiger partial charge in [-0.25, -0.2) is 4.98 Å². The number of carbonyl (C=O) groups is 1. The number of rotatable bonds is 3. The maximum atomic E-state index is 11.3. The summed E-state index contributed by atoms with van der Waals surface area (Å²) in [7, 11) is 0. The van der Waals surface area contributed by atoms with Gasteiger partial charge in [-0.1, -0.05) is 25.9 Å². The van der Waals surface area contributed by atoms with Crippen LogP contribution in [0.25, 0.3) is 11.1 Å². The Morgan fingerprint density at radius 1 is 1.33 bits per heavy atom. The van der Waals surface area contributed by atoms with Gasteiger partial charge in [0.25, 0.3) is 5.71 Å². The predicted molar refractivity (Wildman–Crippen MR) is 80.5 cm³/mol. The van der Waals surface area contributed by atoms with E-state index in [2.05, 4.69) is 30.9 Å². The number of pyridine rings is 1. The maximum absolute atomic E-state index is 11.3. The molecule has 21 heavy (non-hydrogen) atoms. The molecule has 5 heteroatoms. The molecule has 0 aliphatic heterocycles. The largest absolute Gasteiger partial charge is 0.481 e. The summed E-state index contributed by atoms with van der Waals surface area (Å²) in [5, 5.41) is 14.3. The second kappa shape index (κ2) is 5.13. The molecule has 2 heterocycles. The molecule has 0 aliphatic carbocycles. The van der Waals surface area contributed by atoms with Crippen molar-refractivity contribution in [3.63, 3.8) is 0 Å². The lowest BCUT2D eigenvalue weighted by Gasteiger charge is -2.17. The fourth-order valence-corrected chi connectivity index (χ4v) is 2.77. The van der Waals surface area contributed by atoms with Gasteiger partial charge in [-0.15, -0.1) is 0 Å². The van der Waals surface area contributed by atoms with Gasteiger partial charge >= 0.3 is 5.97 Å². The van der Waals surface area contributed by atoms with Crippen molar-refractivity contribution < 1.29 is 14.4 Å². The molecular weight excluding hydrogens is 268 g/mol. The molecule has 0 radical (unpaired) electrons. The fourth-order valence-electron chi connectivity index (χ4n) is 2.77. The van der Waals surface area contributed by atoms with Gasteiger partial charge in [-0.2, -0.15) is 0 Å². The van der Waals surface area contributed by atoms with E-state index in [-0.39, 0.29) is 5.41 Å². The second-order valence-electron chi connectivity index (χ2n) is 6.84. The van der Waals surface area contributed by atoms with Gasteiger partial charge < -0.3 is 9.63 Å². The molecule has 0 spiro atoms. The molecule has 2 aromatic rings. The number of carboxylic acid groups (broad SMARTS) is 1. The number of fused-ring (bicyclic) bond motifs is 1. The molecule has 0 saturated heterocycles. The Hall–Kier alpha value is -1.91. The first-order valence-corrected chi connectivity index (χ1v) is 7.10. The van der Waals surface area contributed by atoms with Crippen LogP contribution in [-0.2, 0) is 11.2 Å². The summed E-state index contributed by atoms with van der Waals surface area (Å²) in [5.41, 5.74) is 3.77. The molecule has 0 bridgehead atoms. The lowest BCUT2D eigenvalue weighted by molar-refractivity contribution is -0.138. The summed E-state index contributed by atoms with van der Waals surface area (Å²) in [5.74, 6) is -1.45. The van der Waals surface area contributed by atoms with Gasteiger partial charge in [0.05, 0.1) is 17.0 Å². The SMILES string of the molecule is Cc1nc2onc(CC(C)(C)C)c2c(C)c1C(C)C(=O)O. The van der Waals surface area contributed by atoms with E-state index in [1.807, 2.05) is 13.8 Å². The minimum absolute atomic E-state index is 0.0692. The number of carboxylic acids is 1. The van der Waals surface area contributed by atoms with E-state index in [9.17, 15) is 9.90 Å². The summed E-state index contributed by atoms with van der Waals surface area (Å²) in [6.45, 7) is 11.8. The van der Waals surface area contributed by atoms with Crippen LogP contribution in [0.3, 0.4) is 0 Å². The van der Waals surface area contributed by atoms with Crippen LogP contribution in [0.15, 0.2) is 4.52 Å². The van der Waals surface area contributed by atoms with E-state index in [1.165, 1.54) is 0 Å². The normalized spacial score (nSPS) is 13.6. The van der Waals surface area contributed by atoms with Crippen molar-refractivity contribution >= 4 is 17.1 Å². The van der Waals surface area contributed by atoms with Gasteiger partial charge in [0.2, 0.25) is 0 Å². The van der Waals surface area contributed by atoms with E-state index < -0.39 is 11.9 Å². The zero-order chi connectivity index (χ0) is 15.9. The molecule has 2 rings (SSSR count). The van der Waals surface area contributed by atoms with Crippen LogP contribution in [0.5, 0.6) is 0 Å². The van der Waals surface area contributed by atoms with Crippen molar-refractivity contribution in [3.8, 4) is 0 Å². The van der Waals surface area contributed by atoms with Crippen LogP contribution in [0.4, 0.5) is 0 Å². The van der Waals surface area contributed by atoms with Gasteiger partial charge in [0.1, 0.15) is 0 Å². The van der Waals surface area contributed by atoms with Crippen molar-refractivity contribution in [3.05, 3.63) is 22.5 Å². The summed E-state index contributed by atoms with van der Waals surface area (Å²) in [6, 6.07) is 0. The Kier molecular flexibility index (Phi) is 3.78. The maximum Gasteiger partial charge on any atom is 0.310 e. The van der Waals surface area contributed by atoms with Gasteiger partial charge in [0.15, 0.2) is 0 Å². The fraction of sp³-hybridized carbons (Fsp3) is 0.562. The van der Waals surface area contributed by atoms with Gasteiger partial charge in [-0.05, 0) is 43.7 Å². The number of aryl methyl sites for hydroxylation is 2. The van der Waals surface area contributed by atoms with Crippen LogP contribution < -0.4 is 0 Å². The standard InChI is InChI=1S/C16H22N2O3/c1-8-12(9(2)15(19)20)10(3)17-14-13(8)11(18-21-14)7-16(4,5)6/h9H,7H2,1-6H3,(H,19,20). The number of aromatic nitrogens is 2. The van der Waals surface area contributed by atoms with Crippen LogP contribution in [0.2, 0.25) is 0 Å². The Morgan fingerprint density at radius 2 is 1.95 bits per heavy atom. The number of hydrogen-bond donors (Lipinski definition) is 1. The second-order valence-corrected chi connectivity index (χ2v) is 6.84. The van der Waals surface area contributed by atoms with E-state index in [1.54, 1.807) is 6.92 Å². The van der Waals surface area contributed by atoms with Crippen LogP contribution in [-0.4, -0.2) is 21.2 Å². The Labute approximate surface area is 124 Å². The molecule has 0 saturated carbocycles. The third-order valence-corrected chi connectivity index (χ3v) is 3.68. The lowest BCUT2D eigenvalue weighted by atomic mass is 9.87. The van der Waals surface area contributed by atoms with E-state index in [0.717, 1.165) is 28.6 Å². The lowest BCUT2D eigenvalue weighted by Crippen LogP contribution is -2.13. The summed E-state index contributed by atoms with van der Waals surface area (Å²) >= 11 is 0. The molecule has 0 amide bonds. The van der Waals surface area contributed by atoms with Crippen LogP contribution >= 0.6 is 0 Å². The zero-order valence-corrected chi connectivity index (χ0v) is 13.4. The summed E-state index contributed by atoms with van der Waals surface area (Å²) in [6.07, 6.45) is 0.756. The van der Waals surface area contributed by atoms with Gasteiger partial charge in [-0.3, -0.25) is 4.79 Å². The van der Waals surface area contributed by atoms with Crippen LogP contribution in [0.1, 0.15) is 56.1 Å². The summed E-state index contributed by atoms with van der Waals surface area (Å²) in [4.78, 5) is 15.7. The van der Waals surface area contributed by atoms with Crippen molar-refractivity contribution in [1.29, 1.82) is 0 Å². The highest BCUT2D eigenvalue weighted by Crippen LogP contribution is 2.33. The average molecular weight is 290 g/mol. The van der Waals surface area contributed by atoms with E-state index >= 15 is 0 Å². The first kappa shape index (κ1) is 15.5. The highest BCUT2D eigenvalue weighted by atomic mass is 16.5. The zero-order valence-electron chi connectivity index (χ0n) is 13.4. The Bertz CT molecular complexity index is 696. The van der Waals surface area contributed by atoms with E-state index in [0.29, 0.717) is 11.4 Å². The van der Waals surface area contributed by atoms with Crippen LogP contribution in [0, 0.1) is 19.3 Å². The highest BCUT2D eigenvalue weighted by molar-refractivity contribution is 5.85. The minimum Gasteiger partial charge on any atom is -0.481 e. The molecule has 0 aromatic carbocycles. The third kappa shape index (κ3) is 2.91. The first-order chi connectivity index (χ1) is 9.61. The monoisotopic (exact) mass is 290 g/mol. The molecule has 5 nitrogen and oxygen atoms in total. The summed E-state index contributed by atoms with van der Waals surface area (Å²) < 4.78 is 5.34. The molecule has 114 valence electrons. The smallest absolute Gasteiger partial charge is 0.310 e.